The maximum absolute atomic E-state index is 14.4. The third-order valence-corrected chi connectivity index (χ3v) is 7.92. The van der Waals surface area contributed by atoms with Crippen LogP contribution in [0.15, 0.2) is 35.4 Å². The van der Waals surface area contributed by atoms with Crippen molar-refractivity contribution in [1.82, 2.24) is 15.1 Å². The predicted octanol–water partition coefficient (Wildman–Crippen LogP) is 2.77. The van der Waals surface area contributed by atoms with Crippen LogP contribution in [0.25, 0.3) is 0 Å². The molecule has 0 bridgehead atoms. The van der Waals surface area contributed by atoms with Gasteiger partial charge in [-0.2, -0.15) is 5.10 Å². The number of carbonyl (C=O) groups is 1. The van der Waals surface area contributed by atoms with Gasteiger partial charge in [0, 0.05) is 32.6 Å². The van der Waals surface area contributed by atoms with Gasteiger partial charge in [-0.15, -0.1) is 0 Å². The molecule has 0 spiro atoms. The first-order chi connectivity index (χ1) is 15.3. The lowest BCUT2D eigenvalue weighted by Crippen LogP contribution is -2.51. The monoisotopic (exact) mass is 463 g/mol. The quantitative estimate of drug-likeness (QED) is 0.711. The van der Waals surface area contributed by atoms with Gasteiger partial charge in [0.1, 0.15) is 10.7 Å². The number of piperidine rings is 1. The summed E-state index contributed by atoms with van der Waals surface area (Å²) in [4.78, 5) is 15.9. The second kappa shape index (κ2) is 9.31. The Labute approximate surface area is 188 Å². The summed E-state index contributed by atoms with van der Waals surface area (Å²) in [6.07, 6.45) is 6.32. The van der Waals surface area contributed by atoms with Gasteiger partial charge in [0.05, 0.1) is 17.3 Å². The highest BCUT2D eigenvalue weighted by atomic mass is 32.2. The fourth-order valence-corrected chi connectivity index (χ4v) is 5.86. The average Bonchev–Trinajstić information content (AvgIpc) is 3.24. The maximum atomic E-state index is 14.4. The van der Waals surface area contributed by atoms with Gasteiger partial charge in [-0.25, -0.2) is 12.8 Å². The van der Waals surface area contributed by atoms with Crippen LogP contribution in [-0.4, -0.2) is 62.0 Å². The number of rotatable bonds is 6. The second-order valence-electron chi connectivity index (χ2n) is 9.11. The summed E-state index contributed by atoms with van der Waals surface area (Å²) in [5.74, 6) is -0.0871. The Morgan fingerprint density at radius 2 is 2.06 bits per heavy atom. The number of H-pyrrole nitrogens is 1. The van der Waals surface area contributed by atoms with Crippen molar-refractivity contribution in [2.45, 2.75) is 43.4 Å². The molecule has 0 saturated carbocycles. The van der Waals surface area contributed by atoms with Crippen LogP contribution in [0.5, 0.6) is 0 Å². The molecule has 32 heavy (non-hydrogen) atoms. The van der Waals surface area contributed by atoms with E-state index in [-0.39, 0.29) is 22.5 Å². The first-order valence-electron chi connectivity index (χ1n) is 11.1. The van der Waals surface area contributed by atoms with E-state index in [0.29, 0.717) is 63.2 Å². The largest absolute Gasteiger partial charge is 0.381 e. The van der Waals surface area contributed by atoms with Crippen molar-refractivity contribution in [3.63, 3.8) is 0 Å². The summed E-state index contributed by atoms with van der Waals surface area (Å²) < 4.78 is 44.0. The highest BCUT2D eigenvalue weighted by molar-refractivity contribution is 7.90. The van der Waals surface area contributed by atoms with Crippen LogP contribution < -0.4 is 0 Å². The summed E-state index contributed by atoms with van der Waals surface area (Å²) in [6.45, 7) is 2.20. The third-order valence-electron chi connectivity index (χ3n) is 6.77. The highest BCUT2D eigenvalue weighted by Crippen LogP contribution is 2.38. The zero-order chi connectivity index (χ0) is 22.8. The van der Waals surface area contributed by atoms with Gasteiger partial charge in [-0.1, -0.05) is 18.2 Å². The molecule has 0 radical (unpaired) electrons. The number of halogens is 1. The molecule has 2 aromatic rings. The zero-order valence-corrected chi connectivity index (χ0v) is 19.2. The summed E-state index contributed by atoms with van der Waals surface area (Å²) in [7, 11) is -3.36. The van der Waals surface area contributed by atoms with Crippen LogP contribution in [0, 0.1) is 17.2 Å². The maximum Gasteiger partial charge on any atom is 0.229 e. The Balaban J connectivity index is 1.52. The van der Waals surface area contributed by atoms with Gasteiger partial charge in [0.25, 0.3) is 0 Å². The van der Waals surface area contributed by atoms with E-state index < -0.39 is 15.3 Å². The van der Waals surface area contributed by atoms with Gasteiger partial charge in [0.15, 0.2) is 9.84 Å². The Morgan fingerprint density at radius 3 is 2.78 bits per heavy atom. The number of amides is 1. The summed E-state index contributed by atoms with van der Waals surface area (Å²) in [5.41, 5.74) is 0.485. The topological polar surface area (TPSA) is 92.4 Å². The van der Waals surface area contributed by atoms with Crippen molar-refractivity contribution in [2.24, 2.45) is 11.3 Å². The second-order valence-corrected chi connectivity index (χ2v) is 11.1. The van der Waals surface area contributed by atoms with E-state index >= 15 is 0 Å². The standard InChI is InChI=1S/C23H30FN3O4S/c1-32(29,30)21-15-25-26-20(21)13-17-5-4-10-27(16-17)22(28)23(8-11-31-12-9-23)14-18-6-2-3-7-19(18)24/h2-3,6-7,15,17H,4-5,8-14,16H2,1H3,(H,25,26)/t17-/m0/s1. The smallest absolute Gasteiger partial charge is 0.229 e. The molecule has 0 unspecified atom stereocenters. The highest BCUT2D eigenvalue weighted by Gasteiger charge is 2.44. The van der Waals surface area contributed by atoms with Crippen molar-refractivity contribution < 1.29 is 22.3 Å². The number of carbonyl (C=O) groups excluding carboxylic acids is 1. The van der Waals surface area contributed by atoms with Crippen molar-refractivity contribution in [1.29, 1.82) is 0 Å². The number of ether oxygens (including phenoxy) is 1. The number of hydrogen-bond acceptors (Lipinski definition) is 5. The van der Waals surface area contributed by atoms with Gasteiger partial charge in [-0.3, -0.25) is 9.89 Å². The van der Waals surface area contributed by atoms with E-state index in [0.717, 1.165) is 12.8 Å². The van der Waals surface area contributed by atoms with Gasteiger partial charge in [0.2, 0.25) is 5.91 Å². The number of hydrogen-bond donors (Lipinski definition) is 1. The van der Waals surface area contributed by atoms with Gasteiger partial charge < -0.3 is 9.64 Å². The minimum Gasteiger partial charge on any atom is -0.381 e. The lowest BCUT2D eigenvalue weighted by Gasteiger charge is -2.42. The molecule has 2 fully saturated rings. The molecule has 174 valence electrons. The lowest BCUT2D eigenvalue weighted by atomic mass is 9.73. The molecule has 4 rings (SSSR count). The molecule has 7 nitrogen and oxygen atoms in total. The molecule has 0 aliphatic carbocycles. The molecular weight excluding hydrogens is 433 g/mol. The van der Waals surface area contributed by atoms with Crippen LogP contribution in [-0.2, 0) is 32.2 Å². The fourth-order valence-electron chi connectivity index (χ4n) is 5.04. The summed E-state index contributed by atoms with van der Waals surface area (Å²) in [5, 5.41) is 6.74. The van der Waals surface area contributed by atoms with Crippen molar-refractivity contribution in [3.05, 3.63) is 47.5 Å². The minimum atomic E-state index is -3.36. The number of nitrogens with zero attached hydrogens (tertiary/aromatic N) is 2. The van der Waals surface area contributed by atoms with E-state index in [1.54, 1.807) is 18.2 Å². The van der Waals surface area contributed by atoms with Crippen LogP contribution >= 0.6 is 0 Å². The lowest BCUT2D eigenvalue weighted by molar-refractivity contribution is -0.150. The molecule has 9 heteroatoms. The molecule has 1 amide bonds. The predicted molar refractivity (Wildman–Crippen MR) is 117 cm³/mol. The normalized spacial score (nSPS) is 21.4. The van der Waals surface area contributed by atoms with Crippen molar-refractivity contribution >= 4 is 15.7 Å². The molecule has 1 aromatic carbocycles. The van der Waals surface area contributed by atoms with E-state index in [1.807, 2.05) is 4.90 Å². The SMILES string of the molecule is CS(=O)(=O)c1cn[nH]c1C[C@@H]1CCCN(C(=O)C2(Cc3ccccc3F)CCOCC2)C1. The molecule has 2 aliphatic rings. The molecule has 2 aliphatic heterocycles. The molecular formula is C23H30FN3O4S. The van der Waals surface area contributed by atoms with Crippen LogP contribution in [0.3, 0.4) is 0 Å². The minimum absolute atomic E-state index is 0.0571. The van der Waals surface area contributed by atoms with E-state index in [2.05, 4.69) is 10.2 Å². The summed E-state index contributed by atoms with van der Waals surface area (Å²) in [6, 6.07) is 6.65. The number of benzene rings is 1. The Kier molecular flexibility index (Phi) is 6.67. The van der Waals surface area contributed by atoms with E-state index in [1.165, 1.54) is 18.5 Å². The van der Waals surface area contributed by atoms with Gasteiger partial charge in [-0.05, 0) is 56.1 Å². The number of aromatic amines is 1. The number of likely N-dealkylation sites (tertiary alicyclic amines) is 1. The Morgan fingerprint density at radius 1 is 1.31 bits per heavy atom. The first-order valence-corrected chi connectivity index (χ1v) is 13.0. The molecule has 1 aromatic heterocycles. The van der Waals surface area contributed by atoms with Crippen LogP contribution in [0.4, 0.5) is 4.39 Å². The number of nitrogens with one attached hydrogen (secondary N) is 1. The van der Waals surface area contributed by atoms with Crippen LogP contribution in [0.1, 0.15) is 36.9 Å². The molecule has 1 atom stereocenters. The number of sulfone groups is 1. The van der Waals surface area contributed by atoms with Crippen LogP contribution in [0.2, 0.25) is 0 Å². The molecule has 3 heterocycles. The fraction of sp³-hybridized carbons (Fsp3) is 0.565. The Bertz CT molecular complexity index is 1060. The molecule has 2 saturated heterocycles. The Hall–Kier alpha value is -2.26. The summed E-state index contributed by atoms with van der Waals surface area (Å²) >= 11 is 0. The van der Waals surface area contributed by atoms with Gasteiger partial charge >= 0.3 is 0 Å². The van der Waals surface area contributed by atoms with Crippen molar-refractivity contribution in [2.75, 3.05) is 32.6 Å². The zero-order valence-electron chi connectivity index (χ0n) is 18.3. The number of aromatic nitrogens is 2. The van der Waals surface area contributed by atoms with E-state index in [9.17, 15) is 17.6 Å². The molecule has 1 N–H and O–H groups in total. The average molecular weight is 464 g/mol. The van der Waals surface area contributed by atoms with E-state index in [4.69, 9.17) is 4.74 Å². The van der Waals surface area contributed by atoms with Crippen molar-refractivity contribution in [3.8, 4) is 0 Å². The first kappa shape index (κ1) is 22.9. The third kappa shape index (κ3) is 4.88.